The summed E-state index contributed by atoms with van der Waals surface area (Å²) in [7, 11) is 0. The van der Waals surface area contributed by atoms with Gasteiger partial charge in [-0.25, -0.2) is 13.6 Å². The Morgan fingerprint density at radius 2 is 2.00 bits per heavy atom. The molecule has 0 spiro atoms. The minimum atomic E-state index is -0.889. The lowest BCUT2D eigenvalue weighted by atomic mass is 9.98. The molecule has 7 heteroatoms. The summed E-state index contributed by atoms with van der Waals surface area (Å²) in [6.45, 7) is 3.59. The first-order valence-corrected chi connectivity index (χ1v) is 6.17. The molecule has 0 aliphatic heterocycles. The van der Waals surface area contributed by atoms with Crippen LogP contribution in [0, 0.1) is 17.6 Å². The highest BCUT2D eigenvalue weighted by atomic mass is 19.1. The number of hydrogen-bond acceptors (Lipinski definition) is 2. The van der Waals surface area contributed by atoms with E-state index in [2.05, 4.69) is 10.6 Å². The molecule has 0 bridgehead atoms. The minimum absolute atomic E-state index is 0.157. The predicted octanol–water partition coefficient (Wildman–Crippen LogP) is 1.99. The zero-order valence-electron chi connectivity index (χ0n) is 11.2. The molecule has 1 aromatic rings. The summed E-state index contributed by atoms with van der Waals surface area (Å²) in [6, 6.07) is 1.07. The van der Waals surface area contributed by atoms with Gasteiger partial charge in [0.15, 0.2) is 0 Å². The molecule has 5 nitrogen and oxygen atoms in total. The van der Waals surface area contributed by atoms with Gasteiger partial charge in [-0.05, 0) is 18.1 Å². The first-order valence-electron chi connectivity index (χ1n) is 6.17. The van der Waals surface area contributed by atoms with Crippen molar-refractivity contribution < 1.29 is 18.4 Å². The molecule has 0 fully saturated rings. The van der Waals surface area contributed by atoms with Gasteiger partial charge in [0, 0.05) is 6.07 Å². The lowest BCUT2D eigenvalue weighted by Crippen LogP contribution is -2.49. The molecule has 110 valence electrons. The van der Waals surface area contributed by atoms with E-state index in [0.717, 1.165) is 12.1 Å². The summed E-state index contributed by atoms with van der Waals surface area (Å²) >= 11 is 0. The Morgan fingerprint density at radius 3 is 2.50 bits per heavy atom. The molecule has 4 N–H and O–H groups in total. The number of rotatable bonds is 5. The Morgan fingerprint density at radius 1 is 1.35 bits per heavy atom. The normalized spacial score (nSPS) is 13.4. The zero-order chi connectivity index (χ0) is 15.3. The maximum Gasteiger partial charge on any atom is 0.312 e. The summed E-state index contributed by atoms with van der Waals surface area (Å²) in [5, 5.41) is 4.62. The van der Waals surface area contributed by atoms with E-state index < -0.39 is 29.6 Å². The number of primary amides is 1. The van der Waals surface area contributed by atoms with E-state index in [0.29, 0.717) is 12.5 Å². The van der Waals surface area contributed by atoms with E-state index in [1.807, 2.05) is 6.92 Å². The highest BCUT2D eigenvalue weighted by molar-refractivity contribution is 5.97. The van der Waals surface area contributed by atoms with E-state index in [1.165, 1.54) is 0 Å². The van der Waals surface area contributed by atoms with Crippen LogP contribution in [0.15, 0.2) is 18.2 Å². The van der Waals surface area contributed by atoms with E-state index in [-0.39, 0.29) is 11.6 Å². The average molecular weight is 285 g/mol. The van der Waals surface area contributed by atoms with Crippen molar-refractivity contribution >= 4 is 17.6 Å². The summed E-state index contributed by atoms with van der Waals surface area (Å²) in [6.07, 6.45) is 0.615. The number of benzene rings is 1. The zero-order valence-corrected chi connectivity index (χ0v) is 11.2. The Labute approximate surface area is 115 Å². The van der Waals surface area contributed by atoms with Gasteiger partial charge in [0.1, 0.15) is 17.7 Å². The first-order chi connectivity index (χ1) is 9.35. The molecule has 1 rings (SSSR count). The second kappa shape index (κ2) is 6.83. The van der Waals surface area contributed by atoms with Crippen LogP contribution in [0.2, 0.25) is 0 Å². The lowest BCUT2D eigenvalue weighted by Gasteiger charge is -2.22. The number of carbonyl (C=O) groups excluding carboxylic acids is 2. The van der Waals surface area contributed by atoms with E-state index >= 15 is 0 Å². The first kappa shape index (κ1) is 15.9. The number of urea groups is 1. The highest BCUT2D eigenvalue weighted by Crippen LogP contribution is 2.17. The lowest BCUT2D eigenvalue weighted by molar-refractivity contribution is -0.119. The average Bonchev–Trinajstić information content (AvgIpc) is 2.38. The van der Waals surface area contributed by atoms with Gasteiger partial charge in [-0.1, -0.05) is 20.3 Å². The second-order valence-electron chi connectivity index (χ2n) is 4.49. The van der Waals surface area contributed by atoms with E-state index in [4.69, 9.17) is 5.73 Å². The van der Waals surface area contributed by atoms with Crippen LogP contribution in [0.5, 0.6) is 0 Å². The molecule has 1 aromatic carbocycles. The standard InChI is InChI=1S/C13H17F2N3O2/c1-3-7(2)11(18-13(16)20)12(19)17-10-5-4-8(14)6-9(10)15/h4-7,11H,3H2,1-2H3,(H,17,19)(H3,16,18,20)/t7-,11+/m1/s1. The smallest absolute Gasteiger partial charge is 0.312 e. The van der Waals surface area contributed by atoms with E-state index in [1.54, 1.807) is 6.92 Å². The molecule has 0 heterocycles. The van der Waals surface area contributed by atoms with Gasteiger partial charge < -0.3 is 16.4 Å². The second-order valence-corrected chi connectivity index (χ2v) is 4.49. The molecule has 0 radical (unpaired) electrons. The van der Waals surface area contributed by atoms with Crippen molar-refractivity contribution in [3.63, 3.8) is 0 Å². The molecule has 0 aliphatic carbocycles. The summed E-state index contributed by atoms with van der Waals surface area (Å²) in [5.74, 6) is -2.43. The van der Waals surface area contributed by atoms with Gasteiger partial charge in [-0.2, -0.15) is 0 Å². The van der Waals surface area contributed by atoms with E-state index in [9.17, 15) is 18.4 Å². The SMILES string of the molecule is CC[C@@H](C)[C@H](NC(N)=O)C(=O)Nc1ccc(F)cc1F. The number of carbonyl (C=O) groups is 2. The molecule has 3 amide bonds. The molecule has 2 atom stereocenters. The topological polar surface area (TPSA) is 84.2 Å². The predicted molar refractivity (Wildman–Crippen MR) is 70.9 cm³/mol. The summed E-state index contributed by atoms with van der Waals surface area (Å²) in [5.41, 5.74) is 4.86. The molecule has 0 saturated carbocycles. The fourth-order valence-electron chi connectivity index (χ4n) is 1.66. The van der Waals surface area contributed by atoms with Crippen molar-refractivity contribution in [2.45, 2.75) is 26.3 Å². The quantitative estimate of drug-likeness (QED) is 0.773. The Balaban J connectivity index is 2.87. The van der Waals surface area contributed by atoms with Crippen LogP contribution in [0.1, 0.15) is 20.3 Å². The van der Waals surface area contributed by atoms with Gasteiger partial charge >= 0.3 is 6.03 Å². The van der Waals surface area contributed by atoms with Crippen molar-refractivity contribution in [3.05, 3.63) is 29.8 Å². The minimum Gasteiger partial charge on any atom is -0.352 e. The van der Waals surface area contributed by atoms with Crippen molar-refractivity contribution in [2.24, 2.45) is 11.7 Å². The van der Waals surface area contributed by atoms with Crippen LogP contribution in [-0.4, -0.2) is 18.0 Å². The van der Waals surface area contributed by atoms with Gasteiger partial charge in [0.2, 0.25) is 5.91 Å². The van der Waals surface area contributed by atoms with Crippen molar-refractivity contribution in [2.75, 3.05) is 5.32 Å². The highest BCUT2D eigenvalue weighted by Gasteiger charge is 2.25. The largest absolute Gasteiger partial charge is 0.352 e. The van der Waals surface area contributed by atoms with Crippen molar-refractivity contribution in [1.82, 2.24) is 5.32 Å². The van der Waals surface area contributed by atoms with Crippen LogP contribution in [-0.2, 0) is 4.79 Å². The number of halogens is 2. The third kappa shape index (κ3) is 4.18. The molecule has 0 unspecified atom stereocenters. The number of amides is 3. The number of hydrogen-bond donors (Lipinski definition) is 3. The van der Waals surface area contributed by atoms with Crippen LogP contribution in [0.4, 0.5) is 19.3 Å². The number of nitrogens with one attached hydrogen (secondary N) is 2. The molecule has 0 saturated heterocycles. The van der Waals surface area contributed by atoms with Gasteiger partial charge in [0.25, 0.3) is 0 Å². The summed E-state index contributed by atoms with van der Waals surface area (Å²) < 4.78 is 26.2. The molecular formula is C13H17F2N3O2. The Bertz CT molecular complexity index is 508. The van der Waals surface area contributed by atoms with Crippen LogP contribution in [0.25, 0.3) is 0 Å². The summed E-state index contributed by atoms with van der Waals surface area (Å²) in [4.78, 5) is 22.9. The van der Waals surface area contributed by atoms with Crippen LogP contribution >= 0.6 is 0 Å². The van der Waals surface area contributed by atoms with Gasteiger partial charge in [-0.15, -0.1) is 0 Å². The fourth-order valence-corrected chi connectivity index (χ4v) is 1.66. The number of nitrogens with two attached hydrogens (primary N) is 1. The maximum atomic E-state index is 13.5. The Hall–Kier alpha value is -2.18. The van der Waals surface area contributed by atoms with Crippen LogP contribution in [0.3, 0.4) is 0 Å². The monoisotopic (exact) mass is 285 g/mol. The van der Waals surface area contributed by atoms with Crippen molar-refractivity contribution in [1.29, 1.82) is 0 Å². The third-order valence-electron chi connectivity index (χ3n) is 2.98. The molecule has 0 aromatic heterocycles. The van der Waals surface area contributed by atoms with Crippen molar-refractivity contribution in [3.8, 4) is 0 Å². The Kier molecular flexibility index (Phi) is 5.42. The van der Waals surface area contributed by atoms with Gasteiger partial charge in [-0.3, -0.25) is 4.79 Å². The van der Waals surface area contributed by atoms with Crippen LogP contribution < -0.4 is 16.4 Å². The molecular weight excluding hydrogens is 268 g/mol. The maximum absolute atomic E-state index is 13.5. The fraction of sp³-hybridized carbons (Fsp3) is 0.385. The number of anilines is 1. The molecule has 0 aliphatic rings. The molecule has 20 heavy (non-hydrogen) atoms. The van der Waals surface area contributed by atoms with Gasteiger partial charge in [0.05, 0.1) is 5.69 Å². The third-order valence-corrected chi connectivity index (χ3v) is 2.98.